The molecule has 2 fully saturated rings. The smallest absolute Gasteiger partial charge is 0.239 e. The summed E-state index contributed by atoms with van der Waals surface area (Å²) in [5.41, 5.74) is 0. The largest absolute Gasteiger partial charge is 0.344 e. The first-order valence-corrected chi connectivity index (χ1v) is 9.29. The molecule has 21 heavy (non-hydrogen) atoms. The molecule has 0 spiro atoms. The fourth-order valence-corrected chi connectivity index (χ4v) is 3.55. The van der Waals surface area contributed by atoms with Crippen molar-refractivity contribution in [2.45, 2.75) is 31.3 Å². The van der Waals surface area contributed by atoms with Crippen molar-refractivity contribution in [3.63, 3.8) is 0 Å². The number of rotatable bonds is 4. The van der Waals surface area contributed by atoms with E-state index in [-0.39, 0.29) is 23.9 Å². The highest BCUT2D eigenvalue weighted by atomic mass is 32.2. The number of carbonyl (C=O) groups excluding carboxylic acids is 2. The Bertz CT molecular complexity index is 520. The molecule has 120 valence electrons. The van der Waals surface area contributed by atoms with E-state index in [1.165, 1.54) is 0 Å². The second kappa shape index (κ2) is 6.31. The van der Waals surface area contributed by atoms with Gasteiger partial charge in [-0.15, -0.1) is 0 Å². The zero-order valence-corrected chi connectivity index (χ0v) is 13.4. The van der Waals surface area contributed by atoms with Gasteiger partial charge in [0, 0.05) is 39.0 Å². The number of likely N-dealkylation sites (N-methyl/N-ethyl adjacent to an activating group) is 1. The van der Waals surface area contributed by atoms with Crippen LogP contribution in [-0.2, 0) is 19.4 Å². The lowest BCUT2D eigenvalue weighted by Gasteiger charge is -2.34. The van der Waals surface area contributed by atoms with E-state index in [0.29, 0.717) is 13.1 Å². The summed E-state index contributed by atoms with van der Waals surface area (Å²) in [5.74, 6) is -0.696. The van der Waals surface area contributed by atoms with Gasteiger partial charge in [-0.1, -0.05) is 0 Å². The van der Waals surface area contributed by atoms with E-state index in [0.717, 1.165) is 32.1 Å². The lowest BCUT2D eigenvalue weighted by atomic mass is 10.0. The molecule has 1 N–H and O–H groups in total. The minimum absolute atomic E-state index is 0.0581. The van der Waals surface area contributed by atoms with Crippen LogP contribution < -0.4 is 5.32 Å². The van der Waals surface area contributed by atoms with Gasteiger partial charge in [0.2, 0.25) is 11.8 Å². The Morgan fingerprint density at radius 2 is 2.05 bits per heavy atom. The van der Waals surface area contributed by atoms with Gasteiger partial charge in [0.15, 0.2) is 9.84 Å². The molecule has 2 heterocycles. The van der Waals surface area contributed by atoms with Crippen LogP contribution in [0.3, 0.4) is 0 Å². The molecular weight excluding hydrogens is 294 g/mol. The summed E-state index contributed by atoms with van der Waals surface area (Å²) in [6, 6.07) is -0.118. The Morgan fingerprint density at radius 3 is 2.62 bits per heavy atom. The fraction of sp³-hybridized carbons (Fsp3) is 0.846. The van der Waals surface area contributed by atoms with Gasteiger partial charge in [-0.2, -0.15) is 0 Å². The molecule has 2 aliphatic rings. The van der Waals surface area contributed by atoms with Crippen molar-refractivity contribution in [3.8, 4) is 0 Å². The number of hydrogen-bond donors (Lipinski definition) is 1. The second-order valence-corrected chi connectivity index (χ2v) is 8.16. The maximum Gasteiger partial charge on any atom is 0.239 e. The standard InChI is InChI=1S/C13H23N3O4S/c1-15-7-5-11(13(15)18)14-10-4-3-6-16(8-10)12(17)9-21(2,19)20/h10-11,14H,3-9H2,1-2H3. The highest BCUT2D eigenvalue weighted by Gasteiger charge is 2.33. The van der Waals surface area contributed by atoms with Gasteiger partial charge < -0.3 is 15.1 Å². The average molecular weight is 317 g/mol. The highest BCUT2D eigenvalue weighted by Crippen LogP contribution is 2.15. The first kappa shape index (κ1) is 16.2. The molecule has 2 atom stereocenters. The number of amides is 2. The number of hydrogen-bond acceptors (Lipinski definition) is 5. The summed E-state index contributed by atoms with van der Waals surface area (Å²) < 4.78 is 22.4. The molecule has 2 aliphatic heterocycles. The fourth-order valence-electron chi connectivity index (χ4n) is 2.92. The molecule has 0 radical (unpaired) electrons. The molecule has 7 nitrogen and oxygen atoms in total. The number of piperidine rings is 1. The molecule has 0 aromatic rings. The van der Waals surface area contributed by atoms with Crippen LogP contribution in [0.15, 0.2) is 0 Å². The lowest BCUT2D eigenvalue weighted by molar-refractivity contribution is -0.130. The minimum Gasteiger partial charge on any atom is -0.344 e. The maximum absolute atomic E-state index is 12.0. The van der Waals surface area contributed by atoms with Crippen molar-refractivity contribution in [2.24, 2.45) is 0 Å². The van der Waals surface area contributed by atoms with Gasteiger partial charge in [-0.25, -0.2) is 8.42 Å². The highest BCUT2D eigenvalue weighted by molar-refractivity contribution is 7.91. The molecule has 0 aromatic heterocycles. The number of carbonyl (C=O) groups is 2. The van der Waals surface area contributed by atoms with Crippen molar-refractivity contribution in [2.75, 3.05) is 38.7 Å². The maximum atomic E-state index is 12.0. The quantitative estimate of drug-likeness (QED) is 0.707. The summed E-state index contributed by atoms with van der Waals surface area (Å²) >= 11 is 0. The summed E-state index contributed by atoms with van der Waals surface area (Å²) in [6.45, 7) is 1.81. The molecular formula is C13H23N3O4S. The van der Waals surface area contributed by atoms with Crippen molar-refractivity contribution in [3.05, 3.63) is 0 Å². The molecule has 2 rings (SSSR count). The molecule has 2 saturated heterocycles. The third-order valence-corrected chi connectivity index (χ3v) is 4.80. The third-order valence-electron chi connectivity index (χ3n) is 4.02. The topological polar surface area (TPSA) is 86.8 Å². The van der Waals surface area contributed by atoms with Gasteiger partial charge in [0.25, 0.3) is 0 Å². The zero-order chi connectivity index (χ0) is 15.6. The van der Waals surface area contributed by atoms with Crippen molar-refractivity contribution in [1.82, 2.24) is 15.1 Å². The lowest BCUT2D eigenvalue weighted by Crippen LogP contribution is -2.53. The molecule has 8 heteroatoms. The van der Waals surface area contributed by atoms with Crippen LogP contribution in [0.2, 0.25) is 0 Å². The molecule has 0 aromatic carbocycles. The Kier molecular flexibility index (Phi) is 4.88. The molecule has 0 saturated carbocycles. The van der Waals surface area contributed by atoms with Crippen LogP contribution in [0.25, 0.3) is 0 Å². The monoisotopic (exact) mass is 317 g/mol. The van der Waals surface area contributed by atoms with E-state index < -0.39 is 15.6 Å². The SMILES string of the molecule is CN1CCC(NC2CCCN(C(=O)CS(C)(=O)=O)C2)C1=O. The predicted octanol–water partition coefficient (Wildman–Crippen LogP) is -1.16. The van der Waals surface area contributed by atoms with Crippen LogP contribution in [0.5, 0.6) is 0 Å². The summed E-state index contributed by atoms with van der Waals surface area (Å²) in [6.07, 6.45) is 3.57. The van der Waals surface area contributed by atoms with Crippen molar-refractivity contribution < 1.29 is 18.0 Å². The number of likely N-dealkylation sites (tertiary alicyclic amines) is 2. The van der Waals surface area contributed by atoms with E-state index in [1.807, 2.05) is 0 Å². The van der Waals surface area contributed by atoms with E-state index >= 15 is 0 Å². The normalized spacial score (nSPS) is 27.2. The molecule has 2 unspecified atom stereocenters. The summed E-state index contributed by atoms with van der Waals surface area (Å²) in [5, 5.41) is 3.31. The molecule has 0 bridgehead atoms. The Balaban J connectivity index is 1.89. The molecule has 2 amide bonds. The number of nitrogens with zero attached hydrogens (tertiary/aromatic N) is 2. The van der Waals surface area contributed by atoms with Crippen LogP contribution in [0.1, 0.15) is 19.3 Å². The Labute approximate surface area is 125 Å². The first-order valence-electron chi connectivity index (χ1n) is 7.23. The Morgan fingerprint density at radius 1 is 1.33 bits per heavy atom. The van der Waals surface area contributed by atoms with Gasteiger partial charge in [0.1, 0.15) is 5.75 Å². The average Bonchev–Trinajstić information content (AvgIpc) is 2.69. The van der Waals surface area contributed by atoms with Crippen LogP contribution >= 0.6 is 0 Å². The van der Waals surface area contributed by atoms with E-state index in [9.17, 15) is 18.0 Å². The number of sulfone groups is 1. The zero-order valence-electron chi connectivity index (χ0n) is 12.5. The Hall–Kier alpha value is -1.15. The van der Waals surface area contributed by atoms with Crippen molar-refractivity contribution in [1.29, 1.82) is 0 Å². The van der Waals surface area contributed by atoms with Crippen LogP contribution in [-0.4, -0.2) is 80.8 Å². The minimum atomic E-state index is -3.30. The van der Waals surface area contributed by atoms with E-state index in [4.69, 9.17) is 0 Å². The van der Waals surface area contributed by atoms with Gasteiger partial charge in [-0.05, 0) is 19.3 Å². The molecule has 0 aliphatic carbocycles. The number of nitrogens with one attached hydrogen (secondary N) is 1. The van der Waals surface area contributed by atoms with Crippen molar-refractivity contribution >= 4 is 21.7 Å². The summed E-state index contributed by atoms with van der Waals surface area (Å²) in [4.78, 5) is 27.1. The van der Waals surface area contributed by atoms with Gasteiger partial charge >= 0.3 is 0 Å². The third kappa shape index (κ3) is 4.41. The van der Waals surface area contributed by atoms with E-state index in [2.05, 4.69) is 5.32 Å². The van der Waals surface area contributed by atoms with Gasteiger partial charge in [0.05, 0.1) is 6.04 Å². The van der Waals surface area contributed by atoms with Crippen LogP contribution in [0.4, 0.5) is 0 Å². The van der Waals surface area contributed by atoms with Crippen LogP contribution in [0, 0.1) is 0 Å². The van der Waals surface area contributed by atoms with Gasteiger partial charge in [-0.3, -0.25) is 9.59 Å². The first-order chi connectivity index (χ1) is 9.76. The summed E-state index contributed by atoms with van der Waals surface area (Å²) in [7, 11) is -1.52. The predicted molar refractivity (Wildman–Crippen MR) is 78.5 cm³/mol. The second-order valence-electron chi connectivity index (χ2n) is 6.02. The van der Waals surface area contributed by atoms with E-state index in [1.54, 1.807) is 16.8 Å².